The number of nitrogens with one attached hydrogen (secondary N) is 3. The van der Waals surface area contributed by atoms with Crippen molar-refractivity contribution in [2.24, 2.45) is 10.4 Å². The molecule has 0 saturated heterocycles. The van der Waals surface area contributed by atoms with E-state index in [1.54, 1.807) is 39.0 Å². The van der Waals surface area contributed by atoms with Crippen molar-refractivity contribution in [3.05, 3.63) is 76.3 Å². The van der Waals surface area contributed by atoms with Crippen LogP contribution in [0.5, 0.6) is 5.75 Å². The van der Waals surface area contributed by atoms with E-state index in [2.05, 4.69) is 74.0 Å². The van der Waals surface area contributed by atoms with Crippen LogP contribution in [0.1, 0.15) is 112 Å². The first-order valence-corrected chi connectivity index (χ1v) is 22.3. The molecule has 0 spiro atoms. The van der Waals surface area contributed by atoms with Gasteiger partial charge in [-0.25, -0.2) is 18.1 Å². The van der Waals surface area contributed by atoms with Gasteiger partial charge in [0.25, 0.3) is 11.8 Å². The molecule has 58 heavy (non-hydrogen) atoms. The highest BCUT2D eigenvalue weighted by molar-refractivity contribution is 7.88. The van der Waals surface area contributed by atoms with Crippen molar-refractivity contribution in [2.75, 3.05) is 41.4 Å². The van der Waals surface area contributed by atoms with Gasteiger partial charge in [-0.2, -0.15) is 0 Å². The monoisotopic (exact) mass is 837 g/mol. The second kappa shape index (κ2) is 19.7. The predicted octanol–water partition coefficient (Wildman–Crippen LogP) is 9.52. The minimum absolute atomic E-state index is 0.0161. The van der Waals surface area contributed by atoms with Crippen LogP contribution in [0.3, 0.4) is 0 Å². The van der Waals surface area contributed by atoms with Crippen LogP contribution < -0.4 is 25.0 Å². The molecule has 3 aromatic rings. The van der Waals surface area contributed by atoms with Crippen LogP contribution in [-0.4, -0.2) is 63.7 Å². The highest BCUT2D eigenvalue weighted by Crippen LogP contribution is 2.39. The Morgan fingerprint density at radius 3 is 2.07 bits per heavy atom. The smallest absolute Gasteiger partial charge is 0.278 e. The van der Waals surface area contributed by atoms with Gasteiger partial charge in [0, 0.05) is 42.0 Å². The van der Waals surface area contributed by atoms with Crippen molar-refractivity contribution in [3.8, 4) is 5.75 Å². The number of carbonyl (C=O) groups is 3. The Morgan fingerprint density at radius 1 is 0.862 bits per heavy atom. The molecule has 0 aliphatic rings. The maximum atomic E-state index is 13.9. The zero-order valence-corrected chi connectivity index (χ0v) is 38.2. The summed E-state index contributed by atoms with van der Waals surface area (Å²) >= 11 is 6.57. The van der Waals surface area contributed by atoms with E-state index < -0.39 is 33.2 Å². The first-order chi connectivity index (χ1) is 26.9. The van der Waals surface area contributed by atoms with Crippen molar-refractivity contribution in [1.29, 1.82) is 0 Å². The van der Waals surface area contributed by atoms with Gasteiger partial charge in [-0.05, 0) is 97.5 Å². The highest BCUT2D eigenvalue weighted by Gasteiger charge is 2.32. The second-order valence-electron chi connectivity index (χ2n) is 17.1. The molecule has 3 N–H and O–H groups in total. The van der Waals surface area contributed by atoms with Crippen LogP contribution >= 0.6 is 11.6 Å². The first kappa shape index (κ1) is 48.1. The third-order valence-electron chi connectivity index (χ3n) is 10.7. The van der Waals surface area contributed by atoms with Gasteiger partial charge < -0.3 is 20.3 Å². The quantitative estimate of drug-likeness (QED) is 0.0805. The molecule has 1 unspecified atom stereocenters. The summed E-state index contributed by atoms with van der Waals surface area (Å²) in [6.45, 7) is 25.2. The molecule has 2 amide bonds. The third-order valence-corrected chi connectivity index (χ3v) is 11.7. The number of hydrogen-bond acceptors (Lipinski definition) is 8. The number of hydrogen-bond donors (Lipinski definition) is 3. The molecule has 0 aliphatic heterocycles. The van der Waals surface area contributed by atoms with E-state index >= 15 is 0 Å². The number of aryl methyl sites for hydroxylation is 1. The van der Waals surface area contributed by atoms with Crippen molar-refractivity contribution < 1.29 is 27.5 Å². The Bertz CT molecular complexity index is 2110. The second-order valence-corrected chi connectivity index (χ2v) is 19.3. The molecule has 3 rings (SSSR count). The molecule has 0 aromatic heterocycles. The number of carbonyl (C=O) groups excluding carboxylic acids is 3. The van der Waals surface area contributed by atoms with Crippen molar-refractivity contribution in [1.82, 2.24) is 4.72 Å². The van der Waals surface area contributed by atoms with Gasteiger partial charge in [-0.3, -0.25) is 14.4 Å². The topological polar surface area (TPSA) is 146 Å². The zero-order valence-electron chi connectivity index (χ0n) is 36.6. The molecular weight excluding hydrogens is 774 g/mol. The average Bonchev–Trinajstić information content (AvgIpc) is 3.15. The van der Waals surface area contributed by atoms with Crippen LogP contribution in [0.25, 0.3) is 0 Å². The largest absolute Gasteiger partial charge is 0.480 e. The van der Waals surface area contributed by atoms with Crippen molar-refractivity contribution in [2.45, 2.75) is 119 Å². The summed E-state index contributed by atoms with van der Waals surface area (Å²) in [6.07, 6.45) is 2.58. The summed E-state index contributed by atoms with van der Waals surface area (Å²) in [4.78, 5) is 48.0. The Morgan fingerprint density at radius 2 is 1.52 bits per heavy atom. The number of halogens is 1. The average molecular weight is 839 g/mol. The van der Waals surface area contributed by atoms with Crippen LogP contribution in [0.2, 0.25) is 5.02 Å². The summed E-state index contributed by atoms with van der Waals surface area (Å²) in [6, 6.07) is 16.4. The van der Waals surface area contributed by atoms with Gasteiger partial charge in [0.05, 0.1) is 22.7 Å². The lowest BCUT2D eigenvalue weighted by atomic mass is 9.76. The molecule has 0 heterocycles. The Balaban J connectivity index is 1.90. The molecule has 11 nitrogen and oxygen atoms in total. The Labute approximate surface area is 351 Å². The lowest BCUT2D eigenvalue weighted by molar-refractivity contribution is -0.123. The number of Topliss-reactive ketones (excluding diaryl/α,β-unsaturated/α-hetero) is 1. The zero-order chi connectivity index (χ0) is 43.8. The maximum Gasteiger partial charge on any atom is 0.278 e. The van der Waals surface area contributed by atoms with Gasteiger partial charge in [0.1, 0.15) is 5.75 Å². The standard InChI is InChI=1S/C45H64ClN5O6S/c1-14-37(57-38-23-18-30(44(9,10)15-2)27-33(38)45(11,12)16-3)41(53)48-31-19-21-34(46)36(28-31)50-42(54)39(40(52)43(6,7)8)49-35-22-20-32(26-29(35)5)51(17-4)25-24-47-58(13,55)56/h18-23,26-28,37,47H,14-17,24-25H2,1-13H3,(H,48,53)(H,50,54). The number of likely N-dealkylation sites (N-methyl/N-ethyl adjacent to an activating group) is 1. The van der Waals surface area contributed by atoms with Crippen molar-refractivity contribution in [3.63, 3.8) is 0 Å². The Kier molecular flexibility index (Phi) is 16.3. The maximum absolute atomic E-state index is 13.9. The number of amides is 2. The van der Waals surface area contributed by atoms with Gasteiger partial charge >= 0.3 is 0 Å². The fourth-order valence-electron chi connectivity index (χ4n) is 6.03. The minimum atomic E-state index is -3.32. The number of aliphatic imine (C=N–C) groups is 1. The predicted molar refractivity (Wildman–Crippen MR) is 240 cm³/mol. The molecule has 318 valence electrons. The van der Waals surface area contributed by atoms with E-state index in [1.165, 1.54) is 11.6 Å². The van der Waals surface area contributed by atoms with E-state index in [0.717, 1.165) is 30.3 Å². The van der Waals surface area contributed by atoms with Crippen LogP contribution in [-0.2, 0) is 35.2 Å². The molecule has 0 saturated carbocycles. The molecule has 0 radical (unpaired) electrons. The molecule has 0 bridgehead atoms. The summed E-state index contributed by atoms with van der Waals surface area (Å²) < 4.78 is 32.1. The Hall–Kier alpha value is -4.26. The highest BCUT2D eigenvalue weighted by atomic mass is 35.5. The van der Waals surface area contributed by atoms with Gasteiger partial charge in [0.15, 0.2) is 17.6 Å². The molecule has 3 aromatic carbocycles. The third kappa shape index (κ3) is 12.9. The van der Waals surface area contributed by atoms with Gasteiger partial charge in [-0.15, -0.1) is 0 Å². The fourth-order valence-corrected chi connectivity index (χ4v) is 6.66. The molecule has 1 atom stereocenters. The number of sulfonamides is 1. The van der Waals surface area contributed by atoms with Gasteiger partial charge in [0.2, 0.25) is 10.0 Å². The number of anilines is 3. The first-order valence-electron chi connectivity index (χ1n) is 20.0. The molecule has 0 aliphatic carbocycles. The summed E-state index contributed by atoms with van der Waals surface area (Å²) in [5.41, 5.74) is 3.33. The number of ether oxygens (including phenoxy) is 1. The lowest BCUT2D eigenvalue weighted by Gasteiger charge is -2.31. The van der Waals surface area contributed by atoms with Crippen LogP contribution in [0, 0.1) is 12.3 Å². The van der Waals surface area contributed by atoms with Crippen LogP contribution in [0.4, 0.5) is 22.7 Å². The SMILES string of the molecule is CCC(Oc1ccc(C(C)(C)CC)cc1C(C)(C)CC)C(=O)Nc1ccc(Cl)c(NC(=O)C(=Nc2ccc(N(CC)CCNS(C)(=O)=O)cc2C)C(=O)C(C)(C)C)c1. The van der Waals surface area contributed by atoms with E-state index in [-0.39, 0.29) is 39.7 Å². The number of rotatable bonds is 19. The van der Waals surface area contributed by atoms with Crippen molar-refractivity contribution >= 4 is 67.7 Å². The number of nitrogens with zero attached hydrogens (tertiary/aromatic N) is 2. The van der Waals surface area contributed by atoms with E-state index in [9.17, 15) is 22.8 Å². The molecule has 0 fully saturated rings. The van der Waals surface area contributed by atoms with E-state index in [4.69, 9.17) is 16.3 Å². The summed E-state index contributed by atoms with van der Waals surface area (Å²) in [7, 11) is -3.32. The summed E-state index contributed by atoms with van der Waals surface area (Å²) in [5.74, 6) is -0.932. The minimum Gasteiger partial charge on any atom is -0.480 e. The molecular formula is C45H64ClN5O6S. The van der Waals surface area contributed by atoms with Crippen LogP contribution in [0.15, 0.2) is 59.6 Å². The number of benzene rings is 3. The fraction of sp³-hybridized carbons (Fsp3) is 0.511. The number of ketones is 1. The lowest BCUT2D eigenvalue weighted by Crippen LogP contribution is -2.37. The summed E-state index contributed by atoms with van der Waals surface area (Å²) in [5, 5.41) is 5.88. The van der Waals surface area contributed by atoms with Gasteiger partial charge in [-0.1, -0.05) is 93.0 Å². The van der Waals surface area contributed by atoms with E-state index in [1.807, 2.05) is 43.9 Å². The normalized spacial score (nSPS) is 13.2. The van der Waals surface area contributed by atoms with E-state index in [0.29, 0.717) is 42.2 Å². The molecule has 13 heteroatoms.